The lowest BCUT2D eigenvalue weighted by atomic mass is 10.1. The van der Waals surface area contributed by atoms with Crippen LogP contribution in [-0.2, 0) is 14.8 Å². The molecule has 8 nitrogen and oxygen atoms in total. The van der Waals surface area contributed by atoms with Gasteiger partial charge in [-0.15, -0.1) is 0 Å². The monoisotopic (exact) mass is 378 g/mol. The van der Waals surface area contributed by atoms with Crippen molar-refractivity contribution in [2.24, 2.45) is 0 Å². The molecule has 0 fully saturated rings. The van der Waals surface area contributed by atoms with E-state index in [1.807, 2.05) is 0 Å². The average molecular weight is 378 g/mol. The summed E-state index contributed by atoms with van der Waals surface area (Å²) in [5, 5.41) is 20.0. The van der Waals surface area contributed by atoms with Crippen LogP contribution in [0.25, 0.3) is 0 Å². The number of nitro groups is 1. The lowest BCUT2D eigenvalue weighted by molar-refractivity contribution is -0.385. The van der Waals surface area contributed by atoms with Gasteiger partial charge in [0.1, 0.15) is 0 Å². The molecule has 0 aliphatic rings. The Balaban J connectivity index is 2.62. The third-order valence-corrected chi connectivity index (χ3v) is 5.63. The van der Waals surface area contributed by atoms with Gasteiger partial charge in [0, 0.05) is 18.7 Å². The normalized spacial score (nSPS) is 11.2. The molecule has 0 saturated carbocycles. The van der Waals surface area contributed by atoms with E-state index in [1.54, 1.807) is 32.0 Å². The molecule has 0 saturated heterocycles. The smallest absolute Gasteiger partial charge is 0.305 e. The zero-order valence-electron chi connectivity index (χ0n) is 14.2. The topological polar surface area (TPSA) is 118 Å². The molecular weight excluding hydrogens is 360 g/mol. The second-order valence-corrected chi connectivity index (χ2v) is 7.58. The van der Waals surface area contributed by atoms with E-state index in [2.05, 4.69) is 0 Å². The highest BCUT2D eigenvalue weighted by Gasteiger charge is 2.29. The molecular formula is C17H18N2O6S. The molecule has 0 atom stereocenters. The highest BCUT2D eigenvalue weighted by molar-refractivity contribution is 7.92. The molecule has 0 spiro atoms. The molecule has 0 aliphatic heterocycles. The van der Waals surface area contributed by atoms with Gasteiger partial charge in [-0.1, -0.05) is 24.3 Å². The maximum absolute atomic E-state index is 13.1. The summed E-state index contributed by atoms with van der Waals surface area (Å²) in [4.78, 5) is 21.0. The van der Waals surface area contributed by atoms with Crippen LogP contribution in [0.1, 0.15) is 17.5 Å². The third kappa shape index (κ3) is 3.99. The maximum atomic E-state index is 13.1. The van der Waals surface area contributed by atoms with Crippen LogP contribution in [0.4, 0.5) is 11.4 Å². The van der Waals surface area contributed by atoms with Crippen molar-refractivity contribution in [3.63, 3.8) is 0 Å². The molecule has 9 heteroatoms. The van der Waals surface area contributed by atoms with E-state index >= 15 is 0 Å². The number of hydrogen-bond donors (Lipinski definition) is 1. The molecule has 0 aromatic heterocycles. The number of nitro benzene ring substituents is 1. The van der Waals surface area contributed by atoms with Gasteiger partial charge in [-0.25, -0.2) is 8.42 Å². The van der Waals surface area contributed by atoms with Gasteiger partial charge < -0.3 is 5.11 Å². The minimum atomic E-state index is -4.19. The highest BCUT2D eigenvalue weighted by atomic mass is 32.2. The minimum Gasteiger partial charge on any atom is -0.481 e. The highest BCUT2D eigenvalue weighted by Crippen LogP contribution is 2.31. The summed E-state index contributed by atoms with van der Waals surface area (Å²) in [6.07, 6.45) is -0.401. The van der Waals surface area contributed by atoms with Gasteiger partial charge in [0.2, 0.25) is 0 Å². The Morgan fingerprint density at radius 1 is 1.15 bits per heavy atom. The van der Waals surface area contributed by atoms with Crippen molar-refractivity contribution in [3.8, 4) is 0 Å². The van der Waals surface area contributed by atoms with Gasteiger partial charge in [-0.3, -0.25) is 19.2 Å². The standard InChI is InChI=1S/C17H18N2O6S/c1-12-5-3-6-13(2)17(12)18(10-9-16(20)21)26(24,25)15-8-4-7-14(11-15)19(22)23/h3-8,11H,9-10H2,1-2H3,(H,20,21). The molecule has 0 aliphatic carbocycles. The molecule has 2 aromatic carbocycles. The Hall–Kier alpha value is -2.94. The van der Waals surface area contributed by atoms with Crippen LogP contribution in [0, 0.1) is 24.0 Å². The van der Waals surface area contributed by atoms with Gasteiger partial charge in [-0.05, 0) is 31.0 Å². The molecule has 0 bridgehead atoms. The van der Waals surface area contributed by atoms with Crippen LogP contribution < -0.4 is 4.31 Å². The van der Waals surface area contributed by atoms with Crippen molar-refractivity contribution in [1.29, 1.82) is 0 Å². The van der Waals surface area contributed by atoms with E-state index < -0.39 is 27.3 Å². The van der Waals surface area contributed by atoms with Crippen LogP contribution in [0.2, 0.25) is 0 Å². The molecule has 26 heavy (non-hydrogen) atoms. The van der Waals surface area contributed by atoms with Crippen LogP contribution >= 0.6 is 0 Å². The van der Waals surface area contributed by atoms with Gasteiger partial charge in [-0.2, -0.15) is 0 Å². The second kappa shape index (κ2) is 7.52. The first-order chi connectivity index (χ1) is 12.1. The Labute approximate surface area is 150 Å². The summed E-state index contributed by atoms with van der Waals surface area (Å²) >= 11 is 0. The molecule has 2 rings (SSSR count). The number of hydrogen-bond acceptors (Lipinski definition) is 5. The summed E-state index contributed by atoms with van der Waals surface area (Å²) in [7, 11) is -4.19. The Kier molecular flexibility index (Phi) is 5.61. The number of rotatable bonds is 7. The van der Waals surface area contributed by atoms with Crippen molar-refractivity contribution in [1.82, 2.24) is 0 Å². The lowest BCUT2D eigenvalue weighted by Crippen LogP contribution is -2.34. The SMILES string of the molecule is Cc1cccc(C)c1N(CCC(=O)O)S(=O)(=O)c1cccc([N+](=O)[O-])c1. The Morgan fingerprint density at radius 2 is 1.73 bits per heavy atom. The second-order valence-electron chi connectivity index (χ2n) is 5.72. The van der Waals surface area contributed by atoms with Crippen LogP contribution in [0.5, 0.6) is 0 Å². The number of aryl methyl sites for hydroxylation is 2. The van der Waals surface area contributed by atoms with Crippen molar-refractivity contribution < 1.29 is 23.2 Å². The fourth-order valence-electron chi connectivity index (χ4n) is 2.63. The first kappa shape index (κ1) is 19.4. The van der Waals surface area contributed by atoms with Crippen molar-refractivity contribution >= 4 is 27.4 Å². The van der Waals surface area contributed by atoms with Crippen LogP contribution in [-0.4, -0.2) is 31.0 Å². The minimum absolute atomic E-state index is 0.264. The molecule has 0 unspecified atom stereocenters. The molecule has 1 N–H and O–H groups in total. The fourth-order valence-corrected chi connectivity index (χ4v) is 4.27. The van der Waals surface area contributed by atoms with E-state index in [9.17, 15) is 23.3 Å². The maximum Gasteiger partial charge on any atom is 0.305 e. The average Bonchev–Trinajstić information content (AvgIpc) is 2.57. The zero-order valence-corrected chi connectivity index (χ0v) is 15.1. The van der Waals surface area contributed by atoms with Crippen molar-refractivity contribution in [2.75, 3.05) is 10.8 Å². The van der Waals surface area contributed by atoms with Gasteiger partial charge >= 0.3 is 5.97 Å². The number of carboxylic acids is 1. The number of carbonyl (C=O) groups is 1. The largest absolute Gasteiger partial charge is 0.481 e. The molecule has 138 valence electrons. The predicted octanol–water partition coefficient (Wildman–Crippen LogP) is 2.88. The first-order valence-corrected chi connectivity index (χ1v) is 9.14. The number of nitrogens with zero attached hydrogens (tertiary/aromatic N) is 2. The third-order valence-electron chi connectivity index (χ3n) is 3.83. The van der Waals surface area contributed by atoms with E-state index in [0.717, 1.165) is 10.4 Å². The van der Waals surface area contributed by atoms with E-state index in [4.69, 9.17) is 5.11 Å². The van der Waals surface area contributed by atoms with Crippen molar-refractivity contribution in [2.45, 2.75) is 25.2 Å². The quantitative estimate of drug-likeness (QED) is 0.585. The molecule has 0 amide bonds. The van der Waals surface area contributed by atoms with E-state index in [1.165, 1.54) is 18.2 Å². The Morgan fingerprint density at radius 3 is 2.27 bits per heavy atom. The zero-order chi connectivity index (χ0) is 19.5. The summed E-state index contributed by atoms with van der Waals surface area (Å²) < 4.78 is 27.3. The number of sulfonamides is 1. The molecule has 0 heterocycles. The van der Waals surface area contributed by atoms with Crippen LogP contribution in [0.15, 0.2) is 47.4 Å². The first-order valence-electron chi connectivity index (χ1n) is 7.70. The van der Waals surface area contributed by atoms with Crippen LogP contribution in [0.3, 0.4) is 0 Å². The molecule has 2 aromatic rings. The number of aliphatic carboxylic acids is 1. The summed E-state index contributed by atoms with van der Waals surface area (Å²) in [6, 6.07) is 9.91. The van der Waals surface area contributed by atoms with Crippen molar-refractivity contribution in [3.05, 3.63) is 63.7 Å². The van der Waals surface area contributed by atoms with Gasteiger partial charge in [0.15, 0.2) is 0 Å². The van der Waals surface area contributed by atoms with Gasteiger partial charge in [0.25, 0.3) is 15.7 Å². The summed E-state index contributed by atoms with van der Waals surface area (Å²) in [5.41, 5.74) is 1.33. The summed E-state index contributed by atoms with van der Waals surface area (Å²) in [5.74, 6) is -1.14. The Bertz CT molecular complexity index is 935. The fraction of sp³-hybridized carbons (Fsp3) is 0.235. The number of carboxylic acid groups (broad SMARTS) is 1. The number of anilines is 1. The van der Waals surface area contributed by atoms with E-state index in [0.29, 0.717) is 16.8 Å². The number of para-hydroxylation sites is 1. The molecule has 0 radical (unpaired) electrons. The lowest BCUT2D eigenvalue weighted by Gasteiger charge is -2.27. The number of benzene rings is 2. The summed E-state index contributed by atoms with van der Waals surface area (Å²) in [6.45, 7) is 3.16. The number of non-ortho nitro benzene ring substituents is 1. The van der Waals surface area contributed by atoms with Gasteiger partial charge in [0.05, 0.1) is 21.9 Å². The van der Waals surface area contributed by atoms with E-state index in [-0.39, 0.29) is 17.1 Å². The predicted molar refractivity (Wildman–Crippen MR) is 95.8 cm³/mol.